The zero-order valence-corrected chi connectivity index (χ0v) is 9.95. The van der Waals surface area contributed by atoms with E-state index in [1.807, 2.05) is 11.9 Å². The predicted molar refractivity (Wildman–Crippen MR) is 58.3 cm³/mol. The summed E-state index contributed by atoms with van der Waals surface area (Å²) in [4.78, 5) is 12.6. The van der Waals surface area contributed by atoms with Gasteiger partial charge in [0.25, 0.3) is 0 Å². The zero-order chi connectivity index (χ0) is 11.3. The molecule has 0 aliphatic heterocycles. The van der Waals surface area contributed by atoms with E-state index in [1.165, 1.54) is 0 Å². The number of carbonyl (C=O) groups is 1. The van der Waals surface area contributed by atoms with Crippen LogP contribution < -0.4 is 0 Å². The molecule has 0 radical (unpaired) electrons. The van der Waals surface area contributed by atoms with Crippen molar-refractivity contribution >= 4 is 5.97 Å². The van der Waals surface area contributed by atoms with Gasteiger partial charge in [-0.1, -0.05) is 20.8 Å². The van der Waals surface area contributed by atoms with Gasteiger partial charge in [0.05, 0.1) is 0 Å². The quantitative estimate of drug-likeness (QED) is 0.715. The molecular formula is C11H23NO2. The Kier molecular flexibility index (Phi) is 5.77. The Balaban J connectivity index is 3.92. The topological polar surface area (TPSA) is 40.5 Å². The summed E-state index contributed by atoms with van der Waals surface area (Å²) in [6, 6.07) is -0.385. The second-order valence-electron chi connectivity index (χ2n) is 4.69. The highest BCUT2D eigenvalue weighted by Crippen LogP contribution is 2.12. The Morgan fingerprint density at radius 2 is 1.79 bits per heavy atom. The summed E-state index contributed by atoms with van der Waals surface area (Å²) in [6.07, 6.45) is 1.15. The van der Waals surface area contributed by atoms with Crippen LogP contribution in [0.4, 0.5) is 0 Å². The molecule has 3 heteroatoms. The fourth-order valence-electron chi connectivity index (χ4n) is 1.72. The van der Waals surface area contributed by atoms with E-state index in [1.54, 1.807) is 6.92 Å². The maximum absolute atomic E-state index is 10.7. The fourth-order valence-corrected chi connectivity index (χ4v) is 1.72. The summed E-state index contributed by atoms with van der Waals surface area (Å²) < 4.78 is 0. The van der Waals surface area contributed by atoms with Gasteiger partial charge >= 0.3 is 5.97 Å². The molecule has 84 valence electrons. The molecule has 0 heterocycles. The minimum Gasteiger partial charge on any atom is -0.480 e. The van der Waals surface area contributed by atoms with Crippen molar-refractivity contribution in [3.05, 3.63) is 0 Å². The number of aliphatic carboxylic acids is 1. The second-order valence-corrected chi connectivity index (χ2v) is 4.69. The predicted octanol–water partition coefficient (Wildman–Crippen LogP) is 2.07. The van der Waals surface area contributed by atoms with Gasteiger partial charge in [0, 0.05) is 6.54 Å². The molecule has 0 saturated carbocycles. The molecule has 0 aliphatic rings. The molecule has 0 aromatic rings. The molecule has 0 spiro atoms. The standard InChI is InChI=1S/C11H23NO2/c1-8(2)6-9(3)7-12(5)10(4)11(13)14/h8-10H,6-7H2,1-5H3,(H,13,14). The zero-order valence-electron chi connectivity index (χ0n) is 9.95. The number of carboxylic acids is 1. The van der Waals surface area contributed by atoms with E-state index < -0.39 is 5.97 Å². The van der Waals surface area contributed by atoms with Crippen molar-refractivity contribution in [2.75, 3.05) is 13.6 Å². The summed E-state index contributed by atoms with van der Waals surface area (Å²) in [6.45, 7) is 9.13. The lowest BCUT2D eigenvalue weighted by atomic mass is 9.98. The van der Waals surface area contributed by atoms with Crippen molar-refractivity contribution in [2.24, 2.45) is 11.8 Å². The van der Waals surface area contributed by atoms with Gasteiger partial charge in [-0.25, -0.2) is 0 Å². The van der Waals surface area contributed by atoms with Crippen LogP contribution in [0, 0.1) is 11.8 Å². The van der Waals surface area contributed by atoms with Gasteiger partial charge in [-0.2, -0.15) is 0 Å². The summed E-state index contributed by atoms with van der Waals surface area (Å²) >= 11 is 0. The maximum atomic E-state index is 10.7. The van der Waals surface area contributed by atoms with E-state index in [-0.39, 0.29) is 6.04 Å². The van der Waals surface area contributed by atoms with Crippen molar-refractivity contribution in [3.8, 4) is 0 Å². The Labute approximate surface area is 87.1 Å². The van der Waals surface area contributed by atoms with Crippen LogP contribution in [0.5, 0.6) is 0 Å². The molecule has 0 saturated heterocycles. The van der Waals surface area contributed by atoms with Gasteiger partial charge in [-0.3, -0.25) is 9.69 Å². The van der Waals surface area contributed by atoms with E-state index in [2.05, 4.69) is 20.8 Å². The van der Waals surface area contributed by atoms with Crippen molar-refractivity contribution < 1.29 is 9.90 Å². The molecule has 2 atom stereocenters. The van der Waals surface area contributed by atoms with Crippen molar-refractivity contribution in [2.45, 2.75) is 40.2 Å². The van der Waals surface area contributed by atoms with Gasteiger partial charge < -0.3 is 5.11 Å². The van der Waals surface area contributed by atoms with E-state index in [4.69, 9.17) is 5.11 Å². The number of nitrogens with zero attached hydrogens (tertiary/aromatic N) is 1. The van der Waals surface area contributed by atoms with Crippen LogP contribution in [0.15, 0.2) is 0 Å². The highest BCUT2D eigenvalue weighted by molar-refractivity contribution is 5.72. The SMILES string of the molecule is CC(C)CC(C)CN(C)C(C)C(=O)O. The molecular weight excluding hydrogens is 178 g/mol. The Bertz CT molecular complexity index is 180. The van der Waals surface area contributed by atoms with Crippen LogP contribution in [0.25, 0.3) is 0 Å². The first-order valence-electron chi connectivity index (χ1n) is 5.27. The van der Waals surface area contributed by atoms with Crippen LogP contribution >= 0.6 is 0 Å². The average Bonchev–Trinajstić information content (AvgIpc) is 2.00. The largest absolute Gasteiger partial charge is 0.480 e. The Morgan fingerprint density at radius 3 is 2.14 bits per heavy atom. The molecule has 0 aromatic carbocycles. The van der Waals surface area contributed by atoms with Crippen LogP contribution in [-0.4, -0.2) is 35.6 Å². The number of carboxylic acid groups (broad SMARTS) is 1. The minimum absolute atomic E-state index is 0.385. The van der Waals surface area contributed by atoms with Crippen molar-refractivity contribution in [1.29, 1.82) is 0 Å². The minimum atomic E-state index is -0.746. The molecule has 0 aliphatic carbocycles. The number of hydrogen-bond donors (Lipinski definition) is 1. The lowest BCUT2D eigenvalue weighted by Gasteiger charge is -2.25. The van der Waals surface area contributed by atoms with Gasteiger partial charge in [0.2, 0.25) is 0 Å². The Hall–Kier alpha value is -0.570. The normalized spacial score (nSPS) is 15.9. The molecule has 1 N–H and O–H groups in total. The molecule has 2 unspecified atom stereocenters. The van der Waals surface area contributed by atoms with Gasteiger partial charge in [-0.15, -0.1) is 0 Å². The van der Waals surface area contributed by atoms with Crippen LogP contribution in [0.3, 0.4) is 0 Å². The monoisotopic (exact) mass is 201 g/mol. The molecule has 0 bridgehead atoms. The second kappa shape index (κ2) is 6.02. The van der Waals surface area contributed by atoms with E-state index in [0.29, 0.717) is 11.8 Å². The Morgan fingerprint density at radius 1 is 1.29 bits per heavy atom. The molecule has 0 amide bonds. The first kappa shape index (κ1) is 13.4. The summed E-state index contributed by atoms with van der Waals surface area (Å²) in [5, 5.41) is 8.81. The first-order chi connectivity index (χ1) is 6.34. The molecule has 0 fully saturated rings. The lowest BCUT2D eigenvalue weighted by molar-refractivity contribution is -0.142. The van der Waals surface area contributed by atoms with Gasteiger partial charge in [0.1, 0.15) is 6.04 Å². The smallest absolute Gasteiger partial charge is 0.320 e. The van der Waals surface area contributed by atoms with E-state index >= 15 is 0 Å². The molecule has 0 aromatic heterocycles. The highest BCUT2D eigenvalue weighted by Gasteiger charge is 2.18. The first-order valence-corrected chi connectivity index (χ1v) is 5.27. The third kappa shape index (κ3) is 5.22. The maximum Gasteiger partial charge on any atom is 0.320 e. The summed E-state index contributed by atoms with van der Waals surface area (Å²) in [5.41, 5.74) is 0. The highest BCUT2D eigenvalue weighted by atomic mass is 16.4. The number of likely N-dealkylation sites (N-methyl/N-ethyl adjacent to an activating group) is 1. The van der Waals surface area contributed by atoms with Crippen LogP contribution in [-0.2, 0) is 4.79 Å². The molecule has 0 rings (SSSR count). The average molecular weight is 201 g/mol. The molecule has 3 nitrogen and oxygen atoms in total. The van der Waals surface area contributed by atoms with Crippen molar-refractivity contribution in [3.63, 3.8) is 0 Å². The number of hydrogen-bond acceptors (Lipinski definition) is 2. The summed E-state index contributed by atoms with van der Waals surface area (Å²) in [7, 11) is 1.87. The van der Waals surface area contributed by atoms with Crippen molar-refractivity contribution in [1.82, 2.24) is 4.90 Å². The third-order valence-corrected chi connectivity index (χ3v) is 2.49. The van der Waals surface area contributed by atoms with Crippen LogP contribution in [0.2, 0.25) is 0 Å². The van der Waals surface area contributed by atoms with Gasteiger partial charge in [-0.05, 0) is 32.2 Å². The molecule has 14 heavy (non-hydrogen) atoms. The van der Waals surface area contributed by atoms with E-state index in [9.17, 15) is 4.79 Å². The third-order valence-electron chi connectivity index (χ3n) is 2.49. The lowest BCUT2D eigenvalue weighted by Crippen LogP contribution is -2.38. The fraction of sp³-hybridized carbons (Fsp3) is 0.909. The van der Waals surface area contributed by atoms with Crippen LogP contribution in [0.1, 0.15) is 34.1 Å². The summed E-state index contributed by atoms with van der Waals surface area (Å²) in [5.74, 6) is 0.490. The number of rotatable bonds is 6. The van der Waals surface area contributed by atoms with E-state index in [0.717, 1.165) is 13.0 Å². The van der Waals surface area contributed by atoms with Gasteiger partial charge in [0.15, 0.2) is 0 Å².